The van der Waals surface area contributed by atoms with Crippen molar-refractivity contribution >= 4 is 0 Å². The maximum Gasteiger partial charge on any atom is 0.161 e. The Labute approximate surface area is 96.9 Å². The van der Waals surface area contributed by atoms with Gasteiger partial charge in [0.1, 0.15) is 6.61 Å². The third-order valence-electron chi connectivity index (χ3n) is 2.19. The van der Waals surface area contributed by atoms with Crippen molar-refractivity contribution in [3.8, 4) is 11.5 Å². The second kappa shape index (κ2) is 5.56. The van der Waals surface area contributed by atoms with E-state index in [1.807, 2.05) is 32.0 Å². The van der Waals surface area contributed by atoms with E-state index < -0.39 is 0 Å². The Morgan fingerprint density at radius 3 is 2.62 bits per heavy atom. The van der Waals surface area contributed by atoms with Crippen molar-refractivity contribution < 1.29 is 9.47 Å². The van der Waals surface area contributed by atoms with Crippen LogP contribution in [0.15, 0.2) is 30.4 Å². The second-order valence-electron chi connectivity index (χ2n) is 3.94. The van der Waals surface area contributed by atoms with E-state index in [0.717, 1.165) is 16.9 Å². The van der Waals surface area contributed by atoms with Crippen molar-refractivity contribution in [2.24, 2.45) is 5.73 Å². The molecule has 88 valence electrons. The number of methoxy groups -OCH3 is 1. The molecule has 1 aromatic carbocycles. The van der Waals surface area contributed by atoms with Gasteiger partial charge in [0.2, 0.25) is 0 Å². The van der Waals surface area contributed by atoms with Crippen molar-refractivity contribution in [1.82, 2.24) is 0 Å². The minimum Gasteiger partial charge on any atom is -0.493 e. The zero-order valence-electron chi connectivity index (χ0n) is 10.1. The number of nitrogens with two attached hydrogens (primary N) is 1. The number of hydrogen-bond acceptors (Lipinski definition) is 3. The molecule has 0 heterocycles. The van der Waals surface area contributed by atoms with E-state index in [4.69, 9.17) is 15.2 Å². The molecule has 1 unspecified atom stereocenters. The lowest BCUT2D eigenvalue weighted by Crippen LogP contribution is -2.06. The summed E-state index contributed by atoms with van der Waals surface area (Å²) in [6, 6.07) is 5.71. The summed E-state index contributed by atoms with van der Waals surface area (Å²) in [4.78, 5) is 0. The molecule has 1 rings (SSSR count). The molecule has 0 fully saturated rings. The van der Waals surface area contributed by atoms with Crippen molar-refractivity contribution in [2.45, 2.75) is 19.9 Å². The largest absolute Gasteiger partial charge is 0.493 e. The van der Waals surface area contributed by atoms with Gasteiger partial charge in [-0.05, 0) is 37.1 Å². The highest BCUT2D eigenvalue weighted by atomic mass is 16.5. The zero-order valence-corrected chi connectivity index (χ0v) is 10.1. The first-order chi connectivity index (χ1) is 7.54. The summed E-state index contributed by atoms with van der Waals surface area (Å²) in [6.45, 7) is 8.13. The average Bonchev–Trinajstić information content (AvgIpc) is 2.25. The first kappa shape index (κ1) is 12.6. The Balaban J connectivity index is 2.88. The van der Waals surface area contributed by atoms with Gasteiger partial charge in [0.25, 0.3) is 0 Å². The summed E-state index contributed by atoms with van der Waals surface area (Å²) in [5, 5.41) is 0. The van der Waals surface area contributed by atoms with Gasteiger partial charge < -0.3 is 15.2 Å². The standard InChI is InChI=1S/C13H19NO2/c1-9(2)8-16-12-6-5-11(10(3)14)7-13(12)15-4/h5-7,10H,1,8,14H2,2-4H3. The molecular weight excluding hydrogens is 202 g/mol. The van der Waals surface area contributed by atoms with Gasteiger partial charge in [-0.2, -0.15) is 0 Å². The quantitative estimate of drug-likeness (QED) is 0.777. The normalized spacial score (nSPS) is 12.0. The molecule has 16 heavy (non-hydrogen) atoms. The van der Waals surface area contributed by atoms with Crippen molar-refractivity contribution in [3.63, 3.8) is 0 Å². The molecule has 3 heteroatoms. The Hall–Kier alpha value is -1.48. The molecule has 0 aliphatic rings. The first-order valence-corrected chi connectivity index (χ1v) is 5.25. The molecule has 0 aliphatic heterocycles. The minimum atomic E-state index is -0.0101. The lowest BCUT2D eigenvalue weighted by atomic mass is 10.1. The number of rotatable bonds is 5. The van der Waals surface area contributed by atoms with Gasteiger partial charge in [0, 0.05) is 6.04 Å². The second-order valence-corrected chi connectivity index (χ2v) is 3.94. The van der Waals surface area contributed by atoms with Crippen LogP contribution in [0.25, 0.3) is 0 Å². The molecule has 0 amide bonds. The molecule has 0 saturated carbocycles. The summed E-state index contributed by atoms with van der Waals surface area (Å²) < 4.78 is 10.8. The topological polar surface area (TPSA) is 44.5 Å². The third kappa shape index (κ3) is 3.28. The van der Waals surface area contributed by atoms with Gasteiger partial charge in [-0.1, -0.05) is 12.6 Å². The van der Waals surface area contributed by atoms with Gasteiger partial charge in [-0.15, -0.1) is 0 Å². The number of hydrogen-bond donors (Lipinski definition) is 1. The van der Waals surface area contributed by atoms with Crippen molar-refractivity contribution in [1.29, 1.82) is 0 Å². The maximum absolute atomic E-state index is 5.80. The van der Waals surface area contributed by atoms with Crippen LogP contribution in [0.4, 0.5) is 0 Å². The smallest absolute Gasteiger partial charge is 0.161 e. The van der Waals surface area contributed by atoms with Crippen LogP contribution in [0.1, 0.15) is 25.5 Å². The summed E-state index contributed by atoms with van der Waals surface area (Å²) in [6.07, 6.45) is 0. The zero-order chi connectivity index (χ0) is 12.1. The number of benzene rings is 1. The summed E-state index contributed by atoms with van der Waals surface area (Å²) in [7, 11) is 1.62. The Bertz CT molecular complexity index is 372. The van der Waals surface area contributed by atoms with Crippen LogP contribution >= 0.6 is 0 Å². The molecule has 0 aliphatic carbocycles. The molecule has 0 spiro atoms. The molecule has 0 bridgehead atoms. The molecule has 1 atom stereocenters. The van der Waals surface area contributed by atoms with Crippen LogP contribution in [0, 0.1) is 0 Å². The van der Waals surface area contributed by atoms with Crippen LogP contribution in [-0.2, 0) is 0 Å². The third-order valence-corrected chi connectivity index (χ3v) is 2.19. The lowest BCUT2D eigenvalue weighted by Gasteiger charge is -2.13. The SMILES string of the molecule is C=C(C)COc1ccc(C(C)N)cc1OC. The highest BCUT2D eigenvalue weighted by Crippen LogP contribution is 2.29. The van der Waals surface area contributed by atoms with E-state index >= 15 is 0 Å². The highest BCUT2D eigenvalue weighted by molar-refractivity contribution is 5.43. The van der Waals surface area contributed by atoms with Crippen LogP contribution in [0.2, 0.25) is 0 Å². The fourth-order valence-corrected chi connectivity index (χ4v) is 1.29. The maximum atomic E-state index is 5.80. The predicted molar refractivity (Wildman–Crippen MR) is 65.9 cm³/mol. The van der Waals surface area contributed by atoms with Crippen LogP contribution in [0.3, 0.4) is 0 Å². The fraction of sp³-hybridized carbons (Fsp3) is 0.385. The van der Waals surface area contributed by atoms with Gasteiger partial charge in [-0.3, -0.25) is 0 Å². The predicted octanol–water partition coefficient (Wildman–Crippen LogP) is 2.67. The van der Waals surface area contributed by atoms with Crippen LogP contribution in [-0.4, -0.2) is 13.7 Å². The summed E-state index contributed by atoms with van der Waals surface area (Å²) in [5.74, 6) is 1.42. The molecule has 1 aromatic rings. The average molecular weight is 221 g/mol. The fourth-order valence-electron chi connectivity index (χ4n) is 1.29. The molecule has 0 aromatic heterocycles. The van der Waals surface area contributed by atoms with Crippen LogP contribution < -0.4 is 15.2 Å². The van der Waals surface area contributed by atoms with E-state index in [-0.39, 0.29) is 6.04 Å². The van der Waals surface area contributed by atoms with E-state index in [0.29, 0.717) is 12.4 Å². The van der Waals surface area contributed by atoms with Gasteiger partial charge >= 0.3 is 0 Å². The molecule has 3 nitrogen and oxygen atoms in total. The lowest BCUT2D eigenvalue weighted by molar-refractivity contribution is 0.319. The van der Waals surface area contributed by atoms with Crippen molar-refractivity contribution in [2.75, 3.05) is 13.7 Å². The Kier molecular flexibility index (Phi) is 4.38. The van der Waals surface area contributed by atoms with E-state index in [1.54, 1.807) is 7.11 Å². The van der Waals surface area contributed by atoms with Gasteiger partial charge in [0.05, 0.1) is 7.11 Å². The van der Waals surface area contributed by atoms with E-state index in [1.165, 1.54) is 0 Å². The number of ether oxygens (including phenoxy) is 2. The van der Waals surface area contributed by atoms with Gasteiger partial charge in [-0.25, -0.2) is 0 Å². The molecular formula is C13H19NO2. The van der Waals surface area contributed by atoms with Crippen molar-refractivity contribution in [3.05, 3.63) is 35.9 Å². The van der Waals surface area contributed by atoms with Gasteiger partial charge in [0.15, 0.2) is 11.5 Å². The Morgan fingerprint density at radius 2 is 2.12 bits per heavy atom. The van der Waals surface area contributed by atoms with E-state index in [2.05, 4.69) is 6.58 Å². The molecule has 2 N–H and O–H groups in total. The summed E-state index contributed by atoms with van der Waals surface area (Å²) in [5.41, 5.74) is 7.80. The summed E-state index contributed by atoms with van der Waals surface area (Å²) >= 11 is 0. The Morgan fingerprint density at radius 1 is 1.44 bits per heavy atom. The van der Waals surface area contributed by atoms with Crippen LogP contribution in [0.5, 0.6) is 11.5 Å². The minimum absolute atomic E-state index is 0.0101. The monoisotopic (exact) mass is 221 g/mol. The molecule has 0 saturated heterocycles. The first-order valence-electron chi connectivity index (χ1n) is 5.25. The van der Waals surface area contributed by atoms with E-state index in [9.17, 15) is 0 Å². The highest BCUT2D eigenvalue weighted by Gasteiger charge is 2.07. The molecule has 0 radical (unpaired) electrons.